The van der Waals surface area contributed by atoms with Gasteiger partial charge in [-0.3, -0.25) is 0 Å². The van der Waals surface area contributed by atoms with Crippen LogP contribution in [0.4, 0.5) is 0 Å². The second-order valence-electron chi connectivity index (χ2n) is 7.11. The summed E-state index contributed by atoms with van der Waals surface area (Å²) in [4.78, 5) is 0. The van der Waals surface area contributed by atoms with Gasteiger partial charge in [-0.1, -0.05) is 83.3 Å². The van der Waals surface area contributed by atoms with E-state index in [9.17, 15) is 0 Å². The third-order valence-corrected chi connectivity index (χ3v) is 4.84. The minimum atomic E-state index is 0.558. The molecule has 0 aromatic rings. The molecule has 130 valence electrons. The van der Waals surface area contributed by atoms with Crippen molar-refractivity contribution >= 4 is 0 Å². The van der Waals surface area contributed by atoms with Gasteiger partial charge in [0.15, 0.2) is 0 Å². The van der Waals surface area contributed by atoms with Gasteiger partial charge in [0, 0.05) is 0 Å². The molecule has 0 saturated carbocycles. The SMILES string of the molecule is CCCCCCCC/C=C\CCCCCCCCC1OC1C. The van der Waals surface area contributed by atoms with Gasteiger partial charge >= 0.3 is 0 Å². The Balaban J connectivity index is 1.67. The van der Waals surface area contributed by atoms with E-state index in [0.717, 1.165) is 0 Å². The maximum absolute atomic E-state index is 5.43. The minimum Gasteiger partial charge on any atom is -0.370 e. The highest BCUT2D eigenvalue weighted by Gasteiger charge is 2.32. The van der Waals surface area contributed by atoms with Crippen LogP contribution in [0.3, 0.4) is 0 Å². The van der Waals surface area contributed by atoms with Gasteiger partial charge in [-0.25, -0.2) is 0 Å². The maximum Gasteiger partial charge on any atom is 0.0839 e. The number of epoxide rings is 1. The third kappa shape index (κ3) is 12.3. The average molecular weight is 309 g/mol. The Morgan fingerprint density at radius 1 is 0.682 bits per heavy atom. The summed E-state index contributed by atoms with van der Waals surface area (Å²) in [6.45, 7) is 4.47. The molecule has 2 atom stereocenters. The van der Waals surface area contributed by atoms with E-state index in [0.29, 0.717) is 12.2 Å². The van der Waals surface area contributed by atoms with Gasteiger partial charge < -0.3 is 4.74 Å². The summed E-state index contributed by atoms with van der Waals surface area (Å²) in [5, 5.41) is 0. The summed E-state index contributed by atoms with van der Waals surface area (Å²) in [5.74, 6) is 0. The fourth-order valence-electron chi connectivity index (χ4n) is 3.13. The molecule has 2 unspecified atom stereocenters. The zero-order valence-electron chi connectivity index (χ0n) is 15.3. The Hall–Kier alpha value is -0.300. The lowest BCUT2D eigenvalue weighted by Crippen LogP contribution is -1.89. The molecule has 0 N–H and O–H groups in total. The van der Waals surface area contributed by atoms with Crippen LogP contribution in [0.2, 0.25) is 0 Å². The Morgan fingerprint density at radius 3 is 1.64 bits per heavy atom. The zero-order chi connectivity index (χ0) is 15.9. The van der Waals surface area contributed by atoms with Gasteiger partial charge in [0.2, 0.25) is 0 Å². The molecule has 0 bridgehead atoms. The number of rotatable bonds is 16. The predicted octanol–water partition coefficient (Wildman–Crippen LogP) is 7.20. The van der Waals surface area contributed by atoms with Crippen LogP contribution in [0.5, 0.6) is 0 Å². The highest BCUT2D eigenvalue weighted by molar-refractivity contribution is 4.81. The Kier molecular flexibility index (Phi) is 12.8. The van der Waals surface area contributed by atoms with Crippen LogP contribution in [0, 0.1) is 0 Å². The van der Waals surface area contributed by atoms with Crippen molar-refractivity contribution in [3.63, 3.8) is 0 Å². The van der Waals surface area contributed by atoms with Gasteiger partial charge in [-0.05, 0) is 39.0 Å². The van der Waals surface area contributed by atoms with E-state index >= 15 is 0 Å². The number of ether oxygens (including phenoxy) is 1. The quantitative estimate of drug-likeness (QED) is 0.167. The second kappa shape index (κ2) is 14.3. The molecule has 0 spiro atoms. The van der Waals surface area contributed by atoms with Crippen LogP contribution < -0.4 is 0 Å². The highest BCUT2D eigenvalue weighted by atomic mass is 16.6. The van der Waals surface area contributed by atoms with E-state index in [1.807, 2.05) is 0 Å². The third-order valence-electron chi connectivity index (χ3n) is 4.84. The van der Waals surface area contributed by atoms with Crippen molar-refractivity contribution in [1.29, 1.82) is 0 Å². The first-order chi connectivity index (χ1) is 10.8. The maximum atomic E-state index is 5.43. The van der Waals surface area contributed by atoms with Crippen molar-refractivity contribution in [2.24, 2.45) is 0 Å². The van der Waals surface area contributed by atoms with Crippen molar-refractivity contribution in [2.45, 2.75) is 122 Å². The van der Waals surface area contributed by atoms with Crippen molar-refractivity contribution < 1.29 is 4.74 Å². The first-order valence-electron chi connectivity index (χ1n) is 10.1. The molecule has 1 nitrogen and oxygen atoms in total. The lowest BCUT2D eigenvalue weighted by atomic mass is 10.1. The van der Waals surface area contributed by atoms with E-state index in [-0.39, 0.29) is 0 Å². The molecule has 1 heteroatoms. The molecule has 0 aromatic heterocycles. The van der Waals surface area contributed by atoms with Crippen molar-refractivity contribution in [2.75, 3.05) is 0 Å². The Bertz CT molecular complexity index is 259. The van der Waals surface area contributed by atoms with Crippen LogP contribution in [-0.2, 0) is 4.74 Å². The van der Waals surface area contributed by atoms with Crippen molar-refractivity contribution in [1.82, 2.24) is 0 Å². The second-order valence-corrected chi connectivity index (χ2v) is 7.11. The molecule has 0 amide bonds. The summed E-state index contributed by atoms with van der Waals surface area (Å²) in [5.41, 5.74) is 0. The van der Waals surface area contributed by atoms with Gasteiger partial charge in [0.1, 0.15) is 0 Å². The number of hydrogen-bond donors (Lipinski definition) is 0. The molecule has 1 aliphatic rings. The zero-order valence-corrected chi connectivity index (χ0v) is 15.3. The van der Waals surface area contributed by atoms with Crippen LogP contribution >= 0.6 is 0 Å². The molecule has 1 aliphatic heterocycles. The molecule has 1 rings (SSSR count). The van der Waals surface area contributed by atoms with Gasteiger partial charge in [0.05, 0.1) is 12.2 Å². The molecule has 1 fully saturated rings. The lowest BCUT2D eigenvalue weighted by molar-refractivity contribution is 0.364. The number of unbranched alkanes of at least 4 members (excludes halogenated alkanes) is 12. The summed E-state index contributed by atoms with van der Waals surface area (Å²) in [6.07, 6.45) is 26.8. The minimum absolute atomic E-state index is 0.558. The normalized spacial score (nSPS) is 20.8. The van der Waals surface area contributed by atoms with Gasteiger partial charge in [0.25, 0.3) is 0 Å². The molecule has 0 aromatic carbocycles. The summed E-state index contributed by atoms with van der Waals surface area (Å²) in [6, 6.07) is 0. The van der Waals surface area contributed by atoms with E-state index in [1.165, 1.54) is 96.3 Å². The number of allylic oxidation sites excluding steroid dienone is 2. The summed E-state index contributed by atoms with van der Waals surface area (Å²) < 4.78 is 5.43. The van der Waals surface area contributed by atoms with Gasteiger partial charge in [-0.15, -0.1) is 0 Å². The van der Waals surface area contributed by atoms with Crippen molar-refractivity contribution in [3.8, 4) is 0 Å². The predicted molar refractivity (Wildman–Crippen MR) is 98.4 cm³/mol. The molecule has 0 aliphatic carbocycles. The van der Waals surface area contributed by atoms with E-state index in [4.69, 9.17) is 4.74 Å². The van der Waals surface area contributed by atoms with Crippen molar-refractivity contribution in [3.05, 3.63) is 12.2 Å². The van der Waals surface area contributed by atoms with E-state index in [1.54, 1.807) is 0 Å². The average Bonchev–Trinajstić information content (AvgIpc) is 3.22. The first-order valence-corrected chi connectivity index (χ1v) is 10.1. The molecule has 22 heavy (non-hydrogen) atoms. The largest absolute Gasteiger partial charge is 0.370 e. The standard InChI is InChI=1S/C21H40O/c1-3-4-5-6-7-8-9-10-11-12-13-14-15-16-17-18-19-21-20(2)22-21/h10-11,20-21H,3-9,12-19H2,1-2H3/b11-10-. The molecule has 1 heterocycles. The smallest absolute Gasteiger partial charge is 0.0839 e. The monoisotopic (exact) mass is 308 g/mol. The van der Waals surface area contributed by atoms with Crippen LogP contribution in [0.25, 0.3) is 0 Å². The molecular formula is C21H40O. The summed E-state index contributed by atoms with van der Waals surface area (Å²) in [7, 11) is 0. The first kappa shape index (κ1) is 19.7. The van der Waals surface area contributed by atoms with Crippen LogP contribution in [0.15, 0.2) is 12.2 Å². The molecule has 0 radical (unpaired) electrons. The van der Waals surface area contributed by atoms with E-state index in [2.05, 4.69) is 26.0 Å². The summed E-state index contributed by atoms with van der Waals surface area (Å²) >= 11 is 0. The fourth-order valence-corrected chi connectivity index (χ4v) is 3.13. The fraction of sp³-hybridized carbons (Fsp3) is 0.905. The lowest BCUT2D eigenvalue weighted by Gasteiger charge is -2.00. The highest BCUT2D eigenvalue weighted by Crippen LogP contribution is 2.26. The Morgan fingerprint density at radius 2 is 1.14 bits per heavy atom. The van der Waals surface area contributed by atoms with E-state index < -0.39 is 0 Å². The van der Waals surface area contributed by atoms with Gasteiger partial charge in [-0.2, -0.15) is 0 Å². The van der Waals surface area contributed by atoms with Crippen LogP contribution in [0.1, 0.15) is 110 Å². The topological polar surface area (TPSA) is 12.5 Å². The molecular weight excluding hydrogens is 268 g/mol. The molecule has 1 saturated heterocycles. The number of hydrogen-bond acceptors (Lipinski definition) is 1. The van der Waals surface area contributed by atoms with Crippen LogP contribution in [-0.4, -0.2) is 12.2 Å². The Labute approximate surface area is 139 Å².